The summed E-state index contributed by atoms with van der Waals surface area (Å²) in [6.45, 7) is 0. The first-order valence-corrected chi connectivity index (χ1v) is 3.36. The third-order valence-electron chi connectivity index (χ3n) is 1.22. The number of hydrogen-bond donors (Lipinski definition) is 0. The van der Waals surface area contributed by atoms with E-state index in [0.717, 1.165) is 6.08 Å². The smallest absolute Gasteiger partial charge is 0.401 e. The van der Waals surface area contributed by atoms with Gasteiger partial charge in [-0.05, 0) is 18.2 Å². The van der Waals surface area contributed by atoms with E-state index in [1.807, 2.05) is 0 Å². The fourth-order valence-electron chi connectivity index (χ4n) is 0.712. The summed E-state index contributed by atoms with van der Waals surface area (Å²) >= 11 is 0. The van der Waals surface area contributed by atoms with Gasteiger partial charge in [0.15, 0.2) is 0 Å². The molecule has 5 heteroatoms. The van der Waals surface area contributed by atoms with Crippen LogP contribution in [0.1, 0.15) is 5.76 Å². The van der Waals surface area contributed by atoms with E-state index in [9.17, 15) is 14.9 Å². The minimum Gasteiger partial charge on any atom is -0.401 e. The number of hydrogen-bond acceptors (Lipinski definition) is 4. The molecule has 0 aromatic carbocycles. The lowest BCUT2D eigenvalue weighted by Gasteiger charge is -1.81. The fourth-order valence-corrected chi connectivity index (χ4v) is 0.712. The van der Waals surface area contributed by atoms with Gasteiger partial charge in [0.1, 0.15) is 16.6 Å². The van der Waals surface area contributed by atoms with Gasteiger partial charge in [0.05, 0.1) is 6.07 Å². The van der Waals surface area contributed by atoms with Crippen molar-refractivity contribution in [2.24, 2.45) is 0 Å². The Morgan fingerprint density at radius 1 is 1.54 bits per heavy atom. The van der Waals surface area contributed by atoms with E-state index in [1.54, 1.807) is 0 Å². The van der Waals surface area contributed by atoms with Crippen molar-refractivity contribution >= 4 is 17.9 Å². The standard InChI is InChI=1S/C8H5NO4/c10-6-2-1-3-7-4-5-8(13-7)9(11)12/h1-5H/b3-1+. The SMILES string of the molecule is O=C=C/C=C/c1ccc([N+](=O)[O-])o1. The average Bonchev–Trinajstić information content (AvgIpc) is 2.53. The van der Waals surface area contributed by atoms with Crippen LogP contribution in [-0.4, -0.2) is 10.9 Å². The molecule has 0 radical (unpaired) electrons. The summed E-state index contributed by atoms with van der Waals surface area (Å²) in [7, 11) is 0. The van der Waals surface area contributed by atoms with E-state index in [-0.39, 0.29) is 5.88 Å². The number of nitrogens with zero attached hydrogens (tertiary/aromatic N) is 1. The van der Waals surface area contributed by atoms with Gasteiger partial charge in [-0.25, -0.2) is 4.79 Å². The van der Waals surface area contributed by atoms with Crippen LogP contribution in [0, 0.1) is 10.1 Å². The van der Waals surface area contributed by atoms with E-state index >= 15 is 0 Å². The number of allylic oxidation sites excluding steroid dienone is 2. The molecular weight excluding hydrogens is 174 g/mol. The molecule has 0 spiro atoms. The zero-order valence-corrected chi connectivity index (χ0v) is 6.47. The summed E-state index contributed by atoms with van der Waals surface area (Å²) in [5.41, 5.74) is 0. The van der Waals surface area contributed by atoms with Crippen LogP contribution in [0.5, 0.6) is 0 Å². The average molecular weight is 179 g/mol. The molecule has 0 saturated carbocycles. The van der Waals surface area contributed by atoms with Gasteiger partial charge < -0.3 is 4.42 Å². The molecule has 0 bridgehead atoms. The molecule has 0 aliphatic rings. The Kier molecular flexibility index (Phi) is 2.78. The molecule has 1 aromatic heterocycles. The highest BCUT2D eigenvalue weighted by Crippen LogP contribution is 2.16. The predicted molar refractivity (Wildman–Crippen MR) is 44.7 cm³/mol. The molecule has 13 heavy (non-hydrogen) atoms. The lowest BCUT2D eigenvalue weighted by molar-refractivity contribution is -0.402. The van der Waals surface area contributed by atoms with Crippen LogP contribution in [0.2, 0.25) is 0 Å². The van der Waals surface area contributed by atoms with Gasteiger partial charge in [0, 0.05) is 6.08 Å². The van der Waals surface area contributed by atoms with Gasteiger partial charge in [-0.15, -0.1) is 0 Å². The summed E-state index contributed by atoms with van der Waals surface area (Å²) in [5.74, 6) is 1.52. The van der Waals surface area contributed by atoms with Gasteiger partial charge in [0.25, 0.3) is 0 Å². The first kappa shape index (κ1) is 8.96. The highest BCUT2D eigenvalue weighted by molar-refractivity contribution is 5.55. The van der Waals surface area contributed by atoms with Crippen molar-refractivity contribution < 1.29 is 14.1 Å². The molecule has 0 aliphatic heterocycles. The molecule has 0 aliphatic carbocycles. The summed E-state index contributed by atoms with van der Waals surface area (Å²) in [6.07, 6.45) is 3.95. The zero-order chi connectivity index (χ0) is 9.68. The van der Waals surface area contributed by atoms with Crippen molar-refractivity contribution in [2.45, 2.75) is 0 Å². The molecule has 0 N–H and O–H groups in total. The van der Waals surface area contributed by atoms with Gasteiger partial charge in [-0.2, -0.15) is 0 Å². The van der Waals surface area contributed by atoms with E-state index < -0.39 is 4.92 Å². The molecule has 0 unspecified atom stereocenters. The first-order chi connectivity index (χ1) is 6.24. The lowest BCUT2D eigenvalue weighted by atomic mass is 10.4. The molecule has 0 saturated heterocycles. The van der Waals surface area contributed by atoms with Crippen LogP contribution in [-0.2, 0) is 4.79 Å². The monoisotopic (exact) mass is 179 g/mol. The zero-order valence-electron chi connectivity index (χ0n) is 6.47. The maximum Gasteiger partial charge on any atom is 0.433 e. The van der Waals surface area contributed by atoms with Crippen LogP contribution < -0.4 is 0 Å². The van der Waals surface area contributed by atoms with Crippen molar-refractivity contribution in [3.63, 3.8) is 0 Å². The van der Waals surface area contributed by atoms with Gasteiger partial charge >= 0.3 is 5.88 Å². The summed E-state index contributed by atoms with van der Waals surface area (Å²) < 4.78 is 4.76. The highest BCUT2D eigenvalue weighted by atomic mass is 16.6. The second-order valence-corrected chi connectivity index (χ2v) is 2.08. The Balaban J connectivity index is 2.80. The van der Waals surface area contributed by atoms with Crippen molar-refractivity contribution in [2.75, 3.05) is 0 Å². The summed E-state index contributed by atoms with van der Waals surface area (Å²) in [4.78, 5) is 19.3. The molecule has 66 valence electrons. The lowest BCUT2D eigenvalue weighted by Crippen LogP contribution is -1.82. The van der Waals surface area contributed by atoms with Crippen molar-refractivity contribution in [1.82, 2.24) is 0 Å². The Bertz CT molecular complexity index is 385. The Morgan fingerprint density at radius 2 is 2.31 bits per heavy atom. The Labute approximate surface area is 73.1 Å². The molecule has 1 aromatic rings. The van der Waals surface area contributed by atoms with Crippen LogP contribution in [0.4, 0.5) is 5.88 Å². The maximum absolute atomic E-state index is 10.2. The van der Waals surface area contributed by atoms with Crippen molar-refractivity contribution in [1.29, 1.82) is 0 Å². The molecular formula is C8H5NO4. The number of nitro groups is 1. The van der Waals surface area contributed by atoms with Crippen LogP contribution in [0.3, 0.4) is 0 Å². The summed E-state index contributed by atoms with van der Waals surface area (Å²) in [5, 5.41) is 10.2. The van der Waals surface area contributed by atoms with Crippen LogP contribution >= 0.6 is 0 Å². The number of rotatable bonds is 3. The molecule has 0 atom stereocenters. The second-order valence-electron chi connectivity index (χ2n) is 2.08. The van der Waals surface area contributed by atoms with E-state index in [0.29, 0.717) is 5.76 Å². The number of carbonyl (C=O) groups excluding carboxylic acids is 1. The van der Waals surface area contributed by atoms with Crippen LogP contribution in [0.25, 0.3) is 6.08 Å². The van der Waals surface area contributed by atoms with E-state index in [2.05, 4.69) is 0 Å². The first-order valence-electron chi connectivity index (χ1n) is 3.36. The Hall–Kier alpha value is -2.13. The highest BCUT2D eigenvalue weighted by Gasteiger charge is 2.09. The third-order valence-corrected chi connectivity index (χ3v) is 1.22. The minimum absolute atomic E-state index is 0.318. The Morgan fingerprint density at radius 3 is 2.85 bits per heavy atom. The van der Waals surface area contributed by atoms with Gasteiger partial charge in [-0.3, -0.25) is 10.1 Å². The topological polar surface area (TPSA) is 73.3 Å². The second kappa shape index (κ2) is 4.04. The fraction of sp³-hybridized carbons (Fsp3) is 0. The quantitative estimate of drug-likeness (QED) is 0.305. The van der Waals surface area contributed by atoms with Crippen LogP contribution in [0.15, 0.2) is 28.7 Å². The minimum atomic E-state index is -0.632. The van der Waals surface area contributed by atoms with Crippen molar-refractivity contribution in [3.8, 4) is 0 Å². The predicted octanol–water partition coefficient (Wildman–Crippen LogP) is 1.59. The number of furan rings is 1. The van der Waals surface area contributed by atoms with Gasteiger partial charge in [0.2, 0.25) is 0 Å². The third kappa shape index (κ3) is 2.43. The van der Waals surface area contributed by atoms with E-state index in [4.69, 9.17) is 4.42 Å². The summed E-state index contributed by atoms with van der Waals surface area (Å²) in [6, 6.07) is 2.68. The van der Waals surface area contributed by atoms with E-state index in [1.165, 1.54) is 30.2 Å². The van der Waals surface area contributed by atoms with Gasteiger partial charge in [-0.1, -0.05) is 0 Å². The molecule has 0 fully saturated rings. The molecule has 1 heterocycles. The maximum atomic E-state index is 10.2. The molecule has 0 amide bonds. The van der Waals surface area contributed by atoms with Crippen molar-refractivity contribution in [3.05, 3.63) is 40.2 Å². The normalized spacial score (nSPS) is 9.85. The molecule has 5 nitrogen and oxygen atoms in total. The largest absolute Gasteiger partial charge is 0.433 e. The molecule has 1 rings (SSSR count).